The first kappa shape index (κ1) is 40.4. The number of hydrogen-bond donors (Lipinski definition) is 3. The summed E-state index contributed by atoms with van der Waals surface area (Å²) in [4.78, 5) is 64.6. The van der Waals surface area contributed by atoms with Crippen LogP contribution >= 0.6 is 0 Å². The molecule has 316 valence electrons. The van der Waals surface area contributed by atoms with Gasteiger partial charge in [-0.1, -0.05) is 87.4 Å². The topological polar surface area (TPSA) is 142 Å². The third kappa shape index (κ3) is 7.55. The van der Waals surface area contributed by atoms with Crippen molar-refractivity contribution in [3.63, 3.8) is 0 Å². The molecule has 12 nitrogen and oxygen atoms in total. The van der Waals surface area contributed by atoms with Crippen molar-refractivity contribution in [1.29, 1.82) is 0 Å². The second-order valence-corrected chi connectivity index (χ2v) is 18.0. The number of carbonyl (C=O) groups is 3. The molecule has 4 aromatic carbocycles. The van der Waals surface area contributed by atoms with Gasteiger partial charge in [0, 0.05) is 25.2 Å². The molecule has 3 N–H and O–H groups in total. The van der Waals surface area contributed by atoms with E-state index in [4.69, 9.17) is 9.97 Å². The normalized spacial score (nSPS) is 21.4. The Hall–Kier alpha value is -6.01. The highest BCUT2D eigenvalue weighted by atomic mass is 16.4. The zero-order chi connectivity index (χ0) is 42.5. The smallest absolute Gasteiger partial charge is 0.407 e. The van der Waals surface area contributed by atoms with E-state index in [0.717, 1.165) is 106 Å². The summed E-state index contributed by atoms with van der Waals surface area (Å²) in [5.41, 5.74) is 6.87. The first-order chi connectivity index (χ1) is 29.5. The number of H-pyrrole nitrogens is 2. The molecule has 0 radical (unpaired) electrons. The van der Waals surface area contributed by atoms with Gasteiger partial charge in [-0.05, 0) is 110 Å². The summed E-state index contributed by atoms with van der Waals surface area (Å²) in [6.07, 6.45) is 7.59. The highest BCUT2D eigenvalue weighted by molar-refractivity contribution is 5.92. The monoisotopic (exact) mass is 820 g/mol. The predicted octanol–water partition coefficient (Wildman–Crippen LogP) is 9.21. The maximum absolute atomic E-state index is 14.3. The van der Waals surface area contributed by atoms with Gasteiger partial charge in [-0.15, -0.1) is 0 Å². The number of nitrogens with zero attached hydrogens (tertiary/aromatic N) is 6. The number of carbonyl (C=O) groups excluding carboxylic acids is 2. The number of aromatic nitrogens is 4. The molecule has 0 bridgehead atoms. The lowest BCUT2D eigenvalue weighted by molar-refractivity contribution is -0.141. The third-order valence-electron chi connectivity index (χ3n) is 13.6. The second-order valence-electron chi connectivity index (χ2n) is 18.0. The van der Waals surface area contributed by atoms with Crippen molar-refractivity contribution in [2.45, 2.75) is 89.0 Å². The minimum absolute atomic E-state index is 0.0869. The SMILES string of the molecule is CC(C)[C@@H](C(=O)N1[C@H](c2ncc(-c3ccc4cc(-c5ccc6nc([C@@H]7CCCN7C(=O)[C@@H](c7ccccc7)N(C)C)[nH]c6c5)ccc4c3)[nH]2)C[C@@H]2CCCC[C@@H]21)N(C)C(=O)O. The molecule has 2 saturated heterocycles. The number of rotatable bonds is 10. The van der Waals surface area contributed by atoms with E-state index in [1.54, 1.807) is 0 Å². The van der Waals surface area contributed by atoms with Crippen molar-refractivity contribution in [2.75, 3.05) is 27.7 Å². The van der Waals surface area contributed by atoms with E-state index in [2.05, 4.69) is 64.6 Å². The van der Waals surface area contributed by atoms with Crippen LogP contribution < -0.4 is 0 Å². The molecule has 4 heterocycles. The van der Waals surface area contributed by atoms with Gasteiger partial charge in [0.2, 0.25) is 11.8 Å². The Kier molecular flexibility index (Phi) is 10.9. The average molecular weight is 821 g/mol. The van der Waals surface area contributed by atoms with Gasteiger partial charge in [-0.25, -0.2) is 14.8 Å². The van der Waals surface area contributed by atoms with Gasteiger partial charge >= 0.3 is 6.09 Å². The van der Waals surface area contributed by atoms with E-state index in [1.807, 2.05) is 79.2 Å². The van der Waals surface area contributed by atoms with Gasteiger partial charge in [-0.2, -0.15) is 0 Å². The molecule has 3 aliphatic rings. The lowest BCUT2D eigenvalue weighted by Crippen LogP contribution is -2.54. The summed E-state index contributed by atoms with van der Waals surface area (Å²) in [5.74, 6) is 1.75. The van der Waals surface area contributed by atoms with Crippen molar-refractivity contribution in [2.24, 2.45) is 11.8 Å². The van der Waals surface area contributed by atoms with Crippen LogP contribution in [0.2, 0.25) is 0 Å². The summed E-state index contributed by atoms with van der Waals surface area (Å²) >= 11 is 0. The van der Waals surface area contributed by atoms with Gasteiger partial charge in [0.1, 0.15) is 23.7 Å². The van der Waals surface area contributed by atoms with Crippen molar-refractivity contribution in [3.8, 4) is 22.4 Å². The van der Waals surface area contributed by atoms with E-state index in [1.165, 1.54) is 11.9 Å². The number of nitrogens with one attached hydrogen (secondary N) is 2. The van der Waals surface area contributed by atoms with E-state index >= 15 is 0 Å². The maximum atomic E-state index is 14.3. The first-order valence-corrected chi connectivity index (χ1v) is 21.9. The molecule has 2 aliphatic heterocycles. The zero-order valence-corrected chi connectivity index (χ0v) is 35.7. The number of carboxylic acid groups (broad SMARTS) is 1. The molecule has 9 rings (SSSR count). The number of aromatic amines is 2. The summed E-state index contributed by atoms with van der Waals surface area (Å²) in [7, 11) is 5.42. The minimum atomic E-state index is -1.10. The van der Waals surface area contributed by atoms with E-state index in [0.29, 0.717) is 12.5 Å². The fraction of sp³-hybridized carbons (Fsp3) is 0.408. The van der Waals surface area contributed by atoms with E-state index < -0.39 is 12.1 Å². The molecule has 0 spiro atoms. The van der Waals surface area contributed by atoms with Gasteiger partial charge in [0.25, 0.3) is 0 Å². The Morgan fingerprint density at radius 2 is 1.48 bits per heavy atom. The fourth-order valence-corrected chi connectivity index (χ4v) is 10.6. The van der Waals surface area contributed by atoms with Crippen LogP contribution in [-0.4, -0.2) is 102 Å². The van der Waals surface area contributed by atoms with Crippen LogP contribution in [0.5, 0.6) is 0 Å². The predicted molar refractivity (Wildman–Crippen MR) is 238 cm³/mol. The Morgan fingerprint density at radius 1 is 0.770 bits per heavy atom. The second kappa shape index (κ2) is 16.5. The molecule has 3 fully saturated rings. The largest absolute Gasteiger partial charge is 0.465 e. The molecular weight excluding hydrogens is 765 g/mol. The maximum Gasteiger partial charge on any atom is 0.407 e. The van der Waals surface area contributed by atoms with Crippen molar-refractivity contribution in [3.05, 3.63) is 108 Å². The van der Waals surface area contributed by atoms with Crippen molar-refractivity contribution >= 4 is 39.7 Å². The number of benzene rings is 4. The summed E-state index contributed by atoms with van der Waals surface area (Å²) < 4.78 is 0. The molecule has 6 atom stereocenters. The van der Waals surface area contributed by atoms with E-state index in [9.17, 15) is 19.5 Å². The minimum Gasteiger partial charge on any atom is -0.465 e. The van der Waals surface area contributed by atoms with Crippen LogP contribution in [0, 0.1) is 11.8 Å². The van der Waals surface area contributed by atoms with Crippen molar-refractivity contribution in [1.82, 2.24) is 39.5 Å². The van der Waals surface area contributed by atoms with Gasteiger partial charge in [-0.3, -0.25) is 19.4 Å². The summed E-state index contributed by atoms with van der Waals surface area (Å²) in [6, 6.07) is 27.8. The van der Waals surface area contributed by atoms with Crippen LogP contribution in [0.1, 0.15) is 94.1 Å². The molecular formula is C49H56N8O4. The van der Waals surface area contributed by atoms with Crippen LogP contribution in [0.3, 0.4) is 0 Å². The molecule has 2 aromatic heterocycles. The van der Waals surface area contributed by atoms with E-state index in [-0.39, 0.29) is 41.9 Å². The number of amides is 3. The Balaban J connectivity index is 0.942. The standard InChI is InChI=1S/C49H56N8O4/c1-29(2)43(55(5)49(60)61)48(59)57-40-15-10-9-14-36(40)27-42(57)45-50-28-39(53-45)35-20-19-31-24-32(17-18-33(31)25-35)34-21-22-37-38(26-34)52-46(51-37)41-16-11-23-56(41)47(58)44(54(3)4)30-12-7-6-8-13-30/h6-8,12-13,17-22,24-26,28-29,36,40-44H,9-11,14-16,23,27H2,1-5H3,(H,50,53)(H,51,52)(H,60,61)/t36-,40-,41-,42-,43-,44+/m0/s1. The molecule has 3 amide bonds. The molecule has 12 heteroatoms. The first-order valence-electron chi connectivity index (χ1n) is 21.9. The Morgan fingerprint density at radius 3 is 2.21 bits per heavy atom. The lowest BCUT2D eigenvalue weighted by Gasteiger charge is -2.38. The highest BCUT2D eigenvalue weighted by Crippen LogP contribution is 2.47. The van der Waals surface area contributed by atoms with Gasteiger partial charge in [0.05, 0.1) is 35.0 Å². The highest BCUT2D eigenvalue weighted by Gasteiger charge is 2.49. The van der Waals surface area contributed by atoms with Gasteiger partial charge in [0.15, 0.2) is 0 Å². The Bertz CT molecular complexity index is 2580. The lowest BCUT2D eigenvalue weighted by atomic mass is 9.84. The summed E-state index contributed by atoms with van der Waals surface area (Å²) in [6.45, 7) is 4.53. The number of likely N-dealkylation sites (N-methyl/N-ethyl adjacent to an activating group) is 2. The van der Waals surface area contributed by atoms with Crippen LogP contribution in [0.15, 0.2) is 91.1 Å². The number of imidazole rings is 2. The molecule has 1 aliphatic carbocycles. The fourth-order valence-electron chi connectivity index (χ4n) is 10.6. The number of likely N-dealkylation sites (tertiary alicyclic amines) is 2. The quantitative estimate of drug-likeness (QED) is 0.125. The molecule has 0 unspecified atom stereocenters. The number of hydrogen-bond acceptors (Lipinski definition) is 6. The van der Waals surface area contributed by atoms with Gasteiger partial charge < -0.3 is 24.9 Å². The summed E-state index contributed by atoms with van der Waals surface area (Å²) in [5, 5.41) is 12.1. The molecule has 1 saturated carbocycles. The molecule has 6 aromatic rings. The number of fused-ring (bicyclic) bond motifs is 3. The molecule has 61 heavy (non-hydrogen) atoms. The Labute approximate surface area is 357 Å². The van der Waals surface area contributed by atoms with Crippen molar-refractivity contribution < 1.29 is 19.5 Å². The third-order valence-corrected chi connectivity index (χ3v) is 13.6. The van der Waals surface area contributed by atoms with Crippen LogP contribution in [0.25, 0.3) is 44.2 Å². The van der Waals surface area contributed by atoms with Crippen LogP contribution in [-0.2, 0) is 9.59 Å². The zero-order valence-electron chi connectivity index (χ0n) is 35.7. The van der Waals surface area contributed by atoms with Crippen LogP contribution in [0.4, 0.5) is 4.79 Å². The average Bonchev–Trinajstić information content (AvgIpc) is 4.08.